The highest BCUT2D eigenvalue weighted by Crippen LogP contribution is 2.19. The van der Waals surface area contributed by atoms with Crippen LogP contribution in [0.3, 0.4) is 0 Å². The summed E-state index contributed by atoms with van der Waals surface area (Å²) in [5, 5.41) is 3.92. The van der Waals surface area contributed by atoms with Gasteiger partial charge in [-0.3, -0.25) is 4.79 Å². The molecule has 0 spiro atoms. The molecule has 0 bridgehead atoms. The van der Waals surface area contributed by atoms with E-state index in [9.17, 15) is 4.79 Å². The maximum absolute atomic E-state index is 12.0. The third-order valence-corrected chi connectivity index (χ3v) is 4.28. The normalized spacial score (nSPS) is 10.8. The Morgan fingerprint density at radius 2 is 1.95 bits per heavy atom. The molecule has 0 aliphatic carbocycles. The number of ether oxygens (including phenoxy) is 1. The molecule has 0 saturated carbocycles. The highest BCUT2D eigenvalue weighted by atomic mass is 32.1. The molecule has 1 amide bonds. The SMILES string of the molecule is Cc1nc(CCC(=O)Nc2ccc(OC(C)C)cc2)sc1C. The van der Waals surface area contributed by atoms with Crippen LogP contribution in [0.1, 0.15) is 35.8 Å². The molecule has 22 heavy (non-hydrogen) atoms. The topological polar surface area (TPSA) is 51.2 Å². The number of thiazole rings is 1. The molecule has 0 unspecified atom stereocenters. The molecule has 1 N–H and O–H groups in total. The summed E-state index contributed by atoms with van der Waals surface area (Å²) >= 11 is 1.66. The zero-order valence-corrected chi connectivity index (χ0v) is 14.3. The largest absolute Gasteiger partial charge is 0.491 e. The minimum absolute atomic E-state index is 0.00281. The molecular formula is C17H22N2O2S. The van der Waals surface area contributed by atoms with Gasteiger partial charge in [-0.2, -0.15) is 0 Å². The van der Waals surface area contributed by atoms with Crippen molar-refractivity contribution in [2.24, 2.45) is 0 Å². The van der Waals surface area contributed by atoms with Crippen LogP contribution in [0.15, 0.2) is 24.3 Å². The zero-order chi connectivity index (χ0) is 16.1. The molecule has 2 rings (SSSR count). The van der Waals surface area contributed by atoms with E-state index in [0.29, 0.717) is 12.8 Å². The molecule has 0 aliphatic rings. The quantitative estimate of drug-likeness (QED) is 0.871. The Bertz CT molecular complexity index is 613. The number of anilines is 1. The van der Waals surface area contributed by atoms with Crippen molar-refractivity contribution in [2.75, 3.05) is 5.32 Å². The molecule has 1 heterocycles. The number of aryl methyl sites for hydroxylation is 3. The first-order valence-electron chi connectivity index (χ1n) is 7.43. The number of amides is 1. The van der Waals surface area contributed by atoms with Gasteiger partial charge in [0.05, 0.1) is 16.8 Å². The van der Waals surface area contributed by atoms with E-state index in [-0.39, 0.29) is 12.0 Å². The Labute approximate surface area is 135 Å². The molecule has 0 saturated heterocycles. The van der Waals surface area contributed by atoms with Crippen LogP contribution >= 0.6 is 11.3 Å². The predicted octanol–water partition coefficient (Wildman–Crippen LogP) is 4.12. The maximum Gasteiger partial charge on any atom is 0.224 e. The first-order chi connectivity index (χ1) is 10.4. The summed E-state index contributed by atoms with van der Waals surface area (Å²) in [6.45, 7) is 8.02. The van der Waals surface area contributed by atoms with Crippen LogP contribution in [-0.4, -0.2) is 17.0 Å². The molecule has 1 aromatic carbocycles. The number of aromatic nitrogens is 1. The maximum atomic E-state index is 12.0. The van der Waals surface area contributed by atoms with Crippen LogP contribution in [0.5, 0.6) is 5.75 Å². The molecule has 0 radical (unpaired) electrons. The lowest BCUT2D eigenvalue weighted by molar-refractivity contribution is -0.116. The lowest BCUT2D eigenvalue weighted by Gasteiger charge is -2.10. The monoisotopic (exact) mass is 318 g/mol. The summed E-state index contributed by atoms with van der Waals surface area (Å²) in [4.78, 5) is 17.6. The third kappa shape index (κ3) is 4.84. The van der Waals surface area contributed by atoms with E-state index in [0.717, 1.165) is 22.1 Å². The summed E-state index contributed by atoms with van der Waals surface area (Å²) in [5.41, 5.74) is 1.84. The van der Waals surface area contributed by atoms with Crippen LogP contribution in [0.2, 0.25) is 0 Å². The van der Waals surface area contributed by atoms with Crippen molar-refractivity contribution in [3.63, 3.8) is 0 Å². The fraction of sp³-hybridized carbons (Fsp3) is 0.412. The van der Waals surface area contributed by atoms with Gasteiger partial charge in [0, 0.05) is 23.4 Å². The van der Waals surface area contributed by atoms with E-state index < -0.39 is 0 Å². The molecule has 0 atom stereocenters. The van der Waals surface area contributed by atoms with Gasteiger partial charge in [0.25, 0.3) is 0 Å². The van der Waals surface area contributed by atoms with Crippen LogP contribution in [0, 0.1) is 13.8 Å². The van der Waals surface area contributed by atoms with E-state index >= 15 is 0 Å². The van der Waals surface area contributed by atoms with Gasteiger partial charge >= 0.3 is 0 Å². The van der Waals surface area contributed by atoms with Crippen molar-refractivity contribution in [3.8, 4) is 5.75 Å². The summed E-state index contributed by atoms with van der Waals surface area (Å²) in [6.07, 6.45) is 1.27. The lowest BCUT2D eigenvalue weighted by Crippen LogP contribution is -2.12. The molecule has 2 aromatic rings. The van der Waals surface area contributed by atoms with E-state index in [1.165, 1.54) is 4.88 Å². The van der Waals surface area contributed by atoms with Gasteiger partial charge in [0.15, 0.2) is 0 Å². The van der Waals surface area contributed by atoms with E-state index in [1.54, 1.807) is 11.3 Å². The minimum atomic E-state index is 0.00281. The molecular weight excluding hydrogens is 296 g/mol. The lowest BCUT2D eigenvalue weighted by atomic mass is 10.2. The first kappa shape index (κ1) is 16.5. The molecule has 0 fully saturated rings. The van der Waals surface area contributed by atoms with Crippen molar-refractivity contribution in [1.82, 2.24) is 4.98 Å². The second-order valence-electron chi connectivity index (χ2n) is 5.49. The third-order valence-electron chi connectivity index (χ3n) is 3.15. The average molecular weight is 318 g/mol. The minimum Gasteiger partial charge on any atom is -0.491 e. The van der Waals surface area contributed by atoms with Crippen LogP contribution in [0.25, 0.3) is 0 Å². The number of carbonyl (C=O) groups excluding carboxylic acids is 1. The molecule has 1 aromatic heterocycles. The Kier molecular flexibility index (Phi) is 5.55. The number of nitrogens with one attached hydrogen (secondary N) is 1. The number of hydrogen-bond acceptors (Lipinski definition) is 4. The fourth-order valence-corrected chi connectivity index (χ4v) is 2.91. The van der Waals surface area contributed by atoms with Crippen molar-refractivity contribution < 1.29 is 9.53 Å². The standard InChI is InChI=1S/C17H22N2O2S/c1-11(2)21-15-7-5-14(6-8-15)19-16(20)9-10-17-18-12(3)13(4)22-17/h5-8,11H,9-10H2,1-4H3,(H,19,20). The summed E-state index contributed by atoms with van der Waals surface area (Å²) < 4.78 is 5.57. The molecule has 4 nitrogen and oxygen atoms in total. The van der Waals surface area contributed by atoms with Gasteiger partial charge in [0.2, 0.25) is 5.91 Å². The van der Waals surface area contributed by atoms with Gasteiger partial charge in [-0.25, -0.2) is 4.98 Å². The van der Waals surface area contributed by atoms with Crippen molar-refractivity contribution >= 4 is 22.9 Å². The zero-order valence-electron chi connectivity index (χ0n) is 13.5. The smallest absolute Gasteiger partial charge is 0.224 e. The van der Waals surface area contributed by atoms with Crippen LogP contribution in [0.4, 0.5) is 5.69 Å². The van der Waals surface area contributed by atoms with E-state index in [2.05, 4.69) is 17.2 Å². The number of nitrogens with zero attached hydrogens (tertiary/aromatic N) is 1. The predicted molar refractivity (Wildman–Crippen MR) is 90.7 cm³/mol. The van der Waals surface area contributed by atoms with Crippen molar-refractivity contribution in [1.29, 1.82) is 0 Å². The highest BCUT2D eigenvalue weighted by molar-refractivity contribution is 7.11. The Morgan fingerprint density at radius 1 is 1.27 bits per heavy atom. The summed E-state index contributed by atoms with van der Waals surface area (Å²) in [5.74, 6) is 0.810. The second-order valence-corrected chi connectivity index (χ2v) is 6.78. The van der Waals surface area contributed by atoms with Gasteiger partial charge in [-0.15, -0.1) is 11.3 Å². The van der Waals surface area contributed by atoms with Crippen molar-refractivity contribution in [3.05, 3.63) is 39.8 Å². The van der Waals surface area contributed by atoms with Gasteiger partial charge < -0.3 is 10.1 Å². The van der Waals surface area contributed by atoms with E-state index in [1.807, 2.05) is 45.0 Å². The molecule has 5 heteroatoms. The molecule has 118 valence electrons. The Hall–Kier alpha value is -1.88. The Balaban J connectivity index is 1.83. The highest BCUT2D eigenvalue weighted by Gasteiger charge is 2.08. The fourth-order valence-electron chi connectivity index (χ4n) is 1.98. The van der Waals surface area contributed by atoms with Crippen LogP contribution in [-0.2, 0) is 11.2 Å². The van der Waals surface area contributed by atoms with E-state index in [4.69, 9.17) is 4.74 Å². The summed E-state index contributed by atoms with van der Waals surface area (Å²) in [6, 6.07) is 7.44. The summed E-state index contributed by atoms with van der Waals surface area (Å²) in [7, 11) is 0. The molecule has 0 aliphatic heterocycles. The number of hydrogen-bond donors (Lipinski definition) is 1. The Morgan fingerprint density at radius 3 is 2.50 bits per heavy atom. The number of benzene rings is 1. The van der Waals surface area contributed by atoms with Crippen LogP contribution < -0.4 is 10.1 Å². The van der Waals surface area contributed by atoms with Crippen molar-refractivity contribution in [2.45, 2.75) is 46.6 Å². The number of rotatable bonds is 6. The van der Waals surface area contributed by atoms with Gasteiger partial charge in [-0.1, -0.05) is 0 Å². The first-order valence-corrected chi connectivity index (χ1v) is 8.25. The van der Waals surface area contributed by atoms with Gasteiger partial charge in [0.1, 0.15) is 5.75 Å². The number of carbonyl (C=O) groups is 1. The van der Waals surface area contributed by atoms with Gasteiger partial charge in [-0.05, 0) is 52.0 Å². The second kappa shape index (κ2) is 7.40. The average Bonchev–Trinajstić information content (AvgIpc) is 2.77.